The molecule has 1 saturated heterocycles. The molecule has 0 aromatic rings. The molecule has 2 atom stereocenters. The minimum Gasteiger partial charge on any atom is -0.299 e. The molecule has 2 unspecified atom stereocenters. The van der Waals surface area contributed by atoms with E-state index in [0.717, 1.165) is 19.5 Å². The molecule has 3 nitrogen and oxygen atoms in total. The maximum absolute atomic E-state index is 12.5. The van der Waals surface area contributed by atoms with Crippen LogP contribution in [-0.2, 0) is 0 Å². The van der Waals surface area contributed by atoms with Crippen LogP contribution in [0.5, 0.6) is 0 Å². The number of alkyl halides is 3. The van der Waals surface area contributed by atoms with E-state index in [-0.39, 0.29) is 6.54 Å². The minimum atomic E-state index is -4.41. The van der Waals surface area contributed by atoms with E-state index < -0.39 is 12.1 Å². The van der Waals surface area contributed by atoms with Crippen LogP contribution in [0, 0.1) is 17.2 Å². The molecule has 0 spiro atoms. The van der Waals surface area contributed by atoms with E-state index in [0.29, 0.717) is 19.1 Å². The van der Waals surface area contributed by atoms with Gasteiger partial charge in [-0.2, -0.15) is 18.4 Å². The third-order valence-corrected chi connectivity index (χ3v) is 3.61. The molecule has 0 aromatic carbocycles. The normalized spacial score (nSPS) is 22.4. The zero-order valence-electron chi connectivity index (χ0n) is 10.9. The van der Waals surface area contributed by atoms with E-state index in [2.05, 4.69) is 18.7 Å². The molecular formula is C12H20F3N3. The summed E-state index contributed by atoms with van der Waals surface area (Å²) in [6, 6.07) is 1.83. The Morgan fingerprint density at radius 2 is 1.78 bits per heavy atom. The van der Waals surface area contributed by atoms with Gasteiger partial charge >= 0.3 is 6.18 Å². The van der Waals surface area contributed by atoms with Gasteiger partial charge in [0.1, 0.15) is 0 Å². The van der Waals surface area contributed by atoms with Gasteiger partial charge in [0.25, 0.3) is 0 Å². The number of rotatable bonds is 4. The van der Waals surface area contributed by atoms with Crippen molar-refractivity contribution in [3.05, 3.63) is 0 Å². The maximum atomic E-state index is 12.5. The van der Waals surface area contributed by atoms with E-state index in [9.17, 15) is 13.2 Å². The second kappa shape index (κ2) is 6.39. The summed E-state index contributed by atoms with van der Waals surface area (Å²) in [6.45, 7) is 6.82. The summed E-state index contributed by atoms with van der Waals surface area (Å²) >= 11 is 0. The Morgan fingerprint density at radius 3 is 2.17 bits per heavy atom. The molecule has 1 aliphatic rings. The monoisotopic (exact) mass is 263 g/mol. The van der Waals surface area contributed by atoms with E-state index in [1.807, 2.05) is 0 Å². The molecule has 1 fully saturated rings. The molecule has 0 aromatic heterocycles. The van der Waals surface area contributed by atoms with Crippen molar-refractivity contribution in [3.8, 4) is 6.07 Å². The SMILES string of the molecule is CCC(C)N1CCN(CC(C#N)C(F)(F)F)CC1. The van der Waals surface area contributed by atoms with Crippen molar-refractivity contribution < 1.29 is 13.2 Å². The molecule has 0 aliphatic carbocycles. The van der Waals surface area contributed by atoms with Crippen molar-refractivity contribution in [2.45, 2.75) is 32.5 Å². The Hall–Kier alpha value is -0.800. The summed E-state index contributed by atoms with van der Waals surface area (Å²) in [4.78, 5) is 4.02. The van der Waals surface area contributed by atoms with Gasteiger partial charge < -0.3 is 0 Å². The summed E-state index contributed by atoms with van der Waals surface area (Å²) in [6.07, 6.45) is -3.37. The predicted molar refractivity (Wildman–Crippen MR) is 62.9 cm³/mol. The molecule has 0 bridgehead atoms. The predicted octanol–water partition coefficient (Wildman–Crippen LogP) is 2.10. The number of hydrogen-bond acceptors (Lipinski definition) is 3. The van der Waals surface area contributed by atoms with Crippen LogP contribution in [0.1, 0.15) is 20.3 Å². The maximum Gasteiger partial charge on any atom is 0.405 e. The first-order chi connectivity index (χ1) is 8.38. The molecular weight excluding hydrogens is 243 g/mol. The molecule has 1 aliphatic heterocycles. The first-order valence-corrected chi connectivity index (χ1v) is 6.31. The quantitative estimate of drug-likeness (QED) is 0.778. The fourth-order valence-electron chi connectivity index (χ4n) is 2.12. The molecule has 1 heterocycles. The molecule has 0 radical (unpaired) electrons. The van der Waals surface area contributed by atoms with Gasteiger partial charge in [-0.3, -0.25) is 9.80 Å². The molecule has 0 amide bonds. The summed E-state index contributed by atoms with van der Waals surface area (Å²) < 4.78 is 37.4. The zero-order chi connectivity index (χ0) is 13.8. The van der Waals surface area contributed by atoms with Crippen LogP contribution >= 0.6 is 0 Å². The average Bonchev–Trinajstić information content (AvgIpc) is 2.34. The lowest BCUT2D eigenvalue weighted by Gasteiger charge is -2.38. The standard InChI is InChI=1S/C12H20F3N3/c1-3-10(2)18-6-4-17(5-7-18)9-11(8-16)12(13,14)15/h10-11H,3-7,9H2,1-2H3. The van der Waals surface area contributed by atoms with Crippen molar-refractivity contribution in [2.75, 3.05) is 32.7 Å². The van der Waals surface area contributed by atoms with E-state index in [1.54, 1.807) is 4.90 Å². The van der Waals surface area contributed by atoms with Gasteiger partial charge in [0.2, 0.25) is 0 Å². The molecule has 0 saturated carbocycles. The number of piperazine rings is 1. The van der Waals surface area contributed by atoms with Crippen molar-refractivity contribution in [3.63, 3.8) is 0 Å². The summed E-state index contributed by atoms with van der Waals surface area (Å²) in [7, 11) is 0. The van der Waals surface area contributed by atoms with Crippen LogP contribution in [0.25, 0.3) is 0 Å². The first kappa shape index (κ1) is 15.3. The van der Waals surface area contributed by atoms with Gasteiger partial charge in [-0.05, 0) is 13.3 Å². The number of halogens is 3. The summed E-state index contributed by atoms with van der Waals surface area (Å²) in [5.74, 6) is -1.87. The summed E-state index contributed by atoms with van der Waals surface area (Å²) in [5.41, 5.74) is 0. The van der Waals surface area contributed by atoms with E-state index in [4.69, 9.17) is 5.26 Å². The topological polar surface area (TPSA) is 30.3 Å². The second-order valence-electron chi connectivity index (χ2n) is 4.82. The zero-order valence-corrected chi connectivity index (χ0v) is 10.9. The lowest BCUT2D eigenvalue weighted by Crippen LogP contribution is -2.51. The lowest BCUT2D eigenvalue weighted by molar-refractivity contribution is -0.164. The lowest BCUT2D eigenvalue weighted by atomic mass is 10.1. The van der Waals surface area contributed by atoms with Gasteiger partial charge in [0.05, 0.1) is 6.07 Å². The van der Waals surface area contributed by atoms with Gasteiger partial charge in [-0.1, -0.05) is 6.92 Å². The van der Waals surface area contributed by atoms with Crippen LogP contribution in [0.15, 0.2) is 0 Å². The average molecular weight is 263 g/mol. The van der Waals surface area contributed by atoms with Gasteiger partial charge in [0, 0.05) is 38.8 Å². The first-order valence-electron chi connectivity index (χ1n) is 6.31. The highest BCUT2D eigenvalue weighted by molar-refractivity contribution is 4.91. The smallest absolute Gasteiger partial charge is 0.299 e. The molecule has 18 heavy (non-hydrogen) atoms. The number of nitriles is 1. The number of nitrogens with zero attached hydrogens (tertiary/aromatic N) is 3. The third kappa shape index (κ3) is 4.14. The van der Waals surface area contributed by atoms with Crippen molar-refractivity contribution in [1.29, 1.82) is 5.26 Å². The highest BCUT2D eigenvalue weighted by atomic mass is 19.4. The van der Waals surface area contributed by atoms with Crippen LogP contribution < -0.4 is 0 Å². The molecule has 6 heteroatoms. The van der Waals surface area contributed by atoms with Gasteiger partial charge in [-0.25, -0.2) is 0 Å². The Bertz CT molecular complexity index is 290. The van der Waals surface area contributed by atoms with Crippen LogP contribution in [0.3, 0.4) is 0 Å². The minimum absolute atomic E-state index is 0.200. The van der Waals surface area contributed by atoms with Crippen LogP contribution in [-0.4, -0.2) is 54.7 Å². The fourth-order valence-corrected chi connectivity index (χ4v) is 2.12. The Labute approximate surface area is 106 Å². The largest absolute Gasteiger partial charge is 0.405 e. The van der Waals surface area contributed by atoms with Crippen LogP contribution in [0.2, 0.25) is 0 Å². The molecule has 1 rings (SSSR count). The van der Waals surface area contributed by atoms with Gasteiger partial charge in [0.15, 0.2) is 5.92 Å². The van der Waals surface area contributed by atoms with E-state index in [1.165, 1.54) is 6.07 Å². The summed E-state index contributed by atoms with van der Waals surface area (Å²) in [5, 5.41) is 8.56. The highest BCUT2D eigenvalue weighted by Gasteiger charge is 2.41. The van der Waals surface area contributed by atoms with Crippen molar-refractivity contribution in [1.82, 2.24) is 9.80 Å². The van der Waals surface area contributed by atoms with Gasteiger partial charge in [-0.15, -0.1) is 0 Å². The molecule has 104 valence electrons. The Kier molecular flexibility index (Phi) is 5.42. The second-order valence-corrected chi connectivity index (χ2v) is 4.82. The fraction of sp³-hybridized carbons (Fsp3) is 0.917. The molecule has 0 N–H and O–H groups in total. The van der Waals surface area contributed by atoms with E-state index >= 15 is 0 Å². The Balaban J connectivity index is 2.42. The van der Waals surface area contributed by atoms with Crippen molar-refractivity contribution >= 4 is 0 Å². The van der Waals surface area contributed by atoms with Crippen molar-refractivity contribution in [2.24, 2.45) is 5.92 Å². The number of hydrogen-bond donors (Lipinski definition) is 0. The third-order valence-electron chi connectivity index (χ3n) is 3.61. The Morgan fingerprint density at radius 1 is 1.22 bits per heavy atom. The van der Waals surface area contributed by atoms with Crippen LogP contribution in [0.4, 0.5) is 13.2 Å². The highest BCUT2D eigenvalue weighted by Crippen LogP contribution is 2.26.